The highest BCUT2D eigenvalue weighted by Gasteiger charge is 2.35. The summed E-state index contributed by atoms with van der Waals surface area (Å²) in [4.78, 5) is 27.1. The third-order valence-electron chi connectivity index (χ3n) is 11.0. The lowest BCUT2D eigenvalue weighted by Crippen LogP contribution is -2.10. The lowest BCUT2D eigenvalue weighted by atomic mass is 9.93. The van der Waals surface area contributed by atoms with E-state index in [1.54, 1.807) is 39.8 Å². The number of benzene rings is 6. The first-order valence-electron chi connectivity index (χ1n) is 19.6. The lowest BCUT2D eigenvalue weighted by Gasteiger charge is -2.21. The van der Waals surface area contributed by atoms with Crippen LogP contribution in [0.4, 0.5) is 13.2 Å². The van der Waals surface area contributed by atoms with Crippen LogP contribution in [0, 0.1) is 50.4 Å². The van der Waals surface area contributed by atoms with Crippen LogP contribution < -0.4 is 0 Å². The van der Waals surface area contributed by atoms with E-state index in [9.17, 15) is 10.5 Å². The average molecular weight is 817 g/mol. The normalized spacial score (nSPS) is 11.8. The molecule has 10 aromatic rings. The zero-order valence-electron chi connectivity index (χ0n) is 33.6. The fourth-order valence-corrected chi connectivity index (χ4v) is 8.56. The molecule has 4 aromatic heterocycles. The number of nitriles is 2. The number of alkyl halides is 3. The minimum absolute atomic E-state index is 0.139. The van der Waals surface area contributed by atoms with Crippen LogP contribution in [0.25, 0.3) is 88.9 Å². The molecule has 0 unspecified atom stereocenters. The third kappa shape index (κ3) is 6.18. The molecule has 0 atom stereocenters. The zero-order chi connectivity index (χ0) is 43.0. The summed E-state index contributed by atoms with van der Waals surface area (Å²) in [5.74, 6) is 3.10. The Labute approximate surface area is 351 Å². The molecule has 10 rings (SSSR count). The molecule has 0 radical (unpaired) electrons. The van der Waals surface area contributed by atoms with Crippen molar-refractivity contribution in [3.05, 3.63) is 155 Å². The van der Waals surface area contributed by atoms with Gasteiger partial charge in [0.25, 0.3) is 0 Å². The molecular weight excluding hydrogens is 786 g/mol. The fraction of sp³-hybridized carbons (Fsp3) is 0.102. The van der Waals surface area contributed by atoms with E-state index in [0.717, 1.165) is 33.1 Å². The summed E-state index contributed by atoms with van der Waals surface area (Å²) in [6.07, 6.45) is -4.85. The summed E-state index contributed by atoms with van der Waals surface area (Å²) in [5, 5.41) is 24.3. The number of rotatable bonds is 5. The van der Waals surface area contributed by atoms with E-state index in [1.165, 1.54) is 12.1 Å². The predicted molar refractivity (Wildman–Crippen MR) is 232 cm³/mol. The molecule has 0 aliphatic rings. The molecule has 0 N–H and O–H groups in total. The van der Waals surface area contributed by atoms with Gasteiger partial charge in [0, 0.05) is 38.2 Å². The molecule has 4 heterocycles. The smallest absolute Gasteiger partial charge is 0.309 e. The van der Waals surface area contributed by atoms with Gasteiger partial charge in [-0.1, -0.05) is 66.7 Å². The second kappa shape index (κ2) is 14.2. The van der Waals surface area contributed by atoms with Crippen molar-refractivity contribution in [2.24, 2.45) is 0 Å². The Morgan fingerprint density at radius 1 is 0.468 bits per heavy atom. The molecule has 0 saturated carbocycles. The first-order valence-corrected chi connectivity index (χ1v) is 19.6. The third-order valence-corrected chi connectivity index (χ3v) is 11.0. The van der Waals surface area contributed by atoms with Crippen LogP contribution in [-0.2, 0) is 6.18 Å². The van der Waals surface area contributed by atoms with Gasteiger partial charge in [0.2, 0.25) is 0 Å². The van der Waals surface area contributed by atoms with Crippen molar-refractivity contribution in [3.8, 4) is 57.4 Å². The van der Waals surface area contributed by atoms with Gasteiger partial charge in [0.15, 0.2) is 11.6 Å². The van der Waals surface area contributed by atoms with Crippen LogP contribution in [0.3, 0.4) is 0 Å². The minimum atomic E-state index is -4.85. The maximum atomic E-state index is 15.3. The van der Waals surface area contributed by atoms with Crippen LogP contribution in [0.2, 0.25) is 0 Å². The molecule has 0 aliphatic carbocycles. The van der Waals surface area contributed by atoms with Gasteiger partial charge in [-0.3, -0.25) is 0 Å². The molecule has 0 bridgehead atoms. The number of aryl methyl sites for hydroxylation is 4. The van der Waals surface area contributed by atoms with Crippen molar-refractivity contribution in [3.63, 3.8) is 0 Å². The van der Waals surface area contributed by atoms with Crippen molar-refractivity contribution in [2.45, 2.75) is 33.9 Å². The van der Waals surface area contributed by atoms with E-state index < -0.39 is 11.7 Å². The predicted octanol–water partition coefficient (Wildman–Crippen LogP) is 11.2. The number of hydrogen-bond acceptors (Lipinski definition) is 8. The molecule has 10 nitrogen and oxygen atoms in total. The van der Waals surface area contributed by atoms with Gasteiger partial charge < -0.3 is 9.13 Å². The number of nitrogens with zero attached hydrogens (tertiary/aromatic N) is 10. The summed E-state index contributed by atoms with van der Waals surface area (Å²) in [5.41, 5.74) is 3.92. The Balaban J connectivity index is 1.34. The fourth-order valence-electron chi connectivity index (χ4n) is 8.56. The summed E-state index contributed by atoms with van der Waals surface area (Å²) in [7, 11) is 0. The first-order chi connectivity index (χ1) is 29.9. The van der Waals surface area contributed by atoms with Gasteiger partial charge >= 0.3 is 6.18 Å². The largest absolute Gasteiger partial charge is 0.417 e. The maximum absolute atomic E-state index is 15.3. The van der Waals surface area contributed by atoms with E-state index in [2.05, 4.69) is 36.0 Å². The van der Waals surface area contributed by atoms with Crippen LogP contribution in [-0.4, -0.2) is 39.0 Å². The Morgan fingerprint density at radius 2 is 0.952 bits per heavy atom. The quantitative estimate of drug-likeness (QED) is 0.168. The Hall–Kier alpha value is -8.29. The van der Waals surface area contributed by atoms with E-state index in [4.69, 9.17) is 0 Å². The number of halogens is 3. The van der Waals surface area contributed by atoms with Crippen LogP contribution in [0.15, 0.2) is 115 Å². The van der Waals surface area contributed by atoms with Gasteiger partial charge in [-0.25, -0.2) is 29.9 Å². The molecule has 0 aliphatic heterocycles. The molecule has 0 spiro atoms. The highest BCUT2D eigenvalue weighted by Crippen LogP contribution is 2.45. The standard InChI is InChI=1S/C49H31F3N10/c1-26-55-27(2)58-47(57-26)31-14-17-37-35-9-5-7-11-41(35)61(44(37)20-31)43-23-39(34-16-13-30(24-53)19-40(34)49(50,51)52)46(22-33(43)25-54)62-42-12-8-6-10-36(42)38-18-15-32(21-45(38)62)48-59-28(3)56-29(4)60-48/h5-23H,1-4H3. The molecule has 0 saturated heterocycles. The van der Waals surface area contributed by atoms with Gasteiger partial charge in [0.05, 0.1) is 56.2 Å². The average Bonchev–Trinajstić information content (AvgIpc) is 3.76. The topological polar surface area (TPSA) is 135 Å². The maximum Gasteiger partial charge on any atom is 0.417 e. The summed E-state index contributed by atoms with van der Waals surface area (Å²) in [6, 6.07) is 38.1. The first kappa shape index (κ1) is 37.9. The van der Waals surface area contributed by atoms with Crippen molar-refractivity contribution < 1.29 is 13.2 Å². The van der Waals surface area contributed by atoms with Crippen LogP contribution in [0.1, 0.15) is 40.0 Å². The SMILES string of the molecule is Cc1nc(C)nc(-c2ccc3c4ccccc4n(-c4cc(-c5ccc(C#N)cc5C(F)(F)F)c(-n5c6ccccc6c6ccc(-c7nc(C)nc(C)n7)cc65)cc4C#N)c3c2)n1. The summed E-state index contributed by atoms with van der Waals surface area (Å²) in [6.45, 7) is 7.16. The second-order valence-electron chi connectivity index (χ2n) is 15.0. The van der Waals surface area contributed by atoms with Crippen molar-refractivity contribution in [2.75, 3.05) is 0 Å². The van der Waals surface area contributed by atoms with Crippen molar-refractivity contribution >= 4 is 43.6 Å². The number of aromatic nitrogens is 8. The highest BCUT2D eigenvalue weighted by atomic mass is 19.4. The summed E-state index contributed by atoms with van der Waals surface area (Å²) >= 11 is 0. The number of para-hydroxylation sites is 2. The van der Waals surface area contributed by atoms with Crippen molar-refractivity contribution in [1.82, 2.24) is 39.0 Å². The zero-order valence-corrected chi connectivity index (χ0v) is 33.6. The van der Waals surface area contributed by atoms with Gasteiger partial charge in [-0.2, -0.15) is 23.7 Å². The number of hydrogen-bond donors (Lipinski definition) is 0. The second-order valence-corrected chi connectivity index (χ2v) is 15.0. The Bertz CT molecular complexity index is 3570. The Morgan fingerprint density at radius 3 is 1.44 bits per heavy atom. The van der Waals surface area contributed by atoms with E-state index in [0.29, 0.717) is 74.0 Å². The van der Waals surface area contributed by atoms with Crippen molar-refractivity contribution in [1.29, 1.82) is 10.5 Å². The summed E-state index contributed by atoms with van der Waals surface area (Å²) < 4.78 is 49.8. The molecule has 62 heavy (non-hydrogen) atoms. The number of fused-ring (bicyclic) bond motifs is 6. The van der Waals surface area contributed by atoms with E-state index in [1.807, 2.05) is 100 Å². The molecular formula is C49H31F3N10. The van der Waals surface area contributed by atoms with Gasteiger partial charge in [-0.15, -0.1) is 0 Å². The van der Waals surface area contributed by atoms with Gasteiger partial charge in [0.1, 0.15) is 29.4 Å². The highest BCUT2D eigenvalue weighted by molar-refractivity contribution is 6.12. The molecule has 0 fully saturated rings. The molecule has 6 aromatic carbocycles. The molecule has 13 heteroatoms. The molecule has 298 valence electrons. The van der Waals surface area contributed by atoms with E-state index in [-0.39, 0.29) is 22.3 Å². The van der Waals surface area contributed by atoms with E-state index >= 15 is 13.2 Å². The monoisotopic (exact) mass is 816 g/mol. The van der Waals surface area contributed by atoms with Crippen LogP contribution >= 0.6 is 0 Å². The van der Waals surface area contributed by atoms with Crippen LogP contribution in [0.5, 0.6) is 0 Å². The minimum Gasteiger partial charge on any atom is -0.309 e. The van der Waals surface area contributed by atoms with Gasteiger partial charge in [-0.05, 0) is 81.8 Å². The Kier molecular flexibility index (Phi) is 8.68. The molecule has 0 amide bonds. The lowest BCUT2D eigenvalue weighted by molar-refractivity contribution is -0.137.